The fourth-order valence-corrected chi connectivity index (χ4v) is 3.90. The van der Waals surface area contributed by atoms with Crippen LogP contribution in [0.2, 0.25) is 0 Å². The molecule has 136 valence electrons. The molecule has 0 atom stereocenters. The van der Waals surface area contributed by atoms with Gasteiger partial charge in [-0.05, 0) is 31.9 Å². The average molecular weight is 463 g/mol. The van der Waals surface area contributed by atoms with Crippen LogP contribution in [-0.4, -0.2) is 48.1 Å². The molecule has 4 nitrogen and oxygen atoms in total. The van der Waals surface area contributed by atoms with Crippen molar-refractivity contribution in [2.24, 2.45) is 4.99 Å². The molecule has 2 rings (SSSR count). The minimum atomic E-state index is 0. The van der Waals surface area contributed by atoms with Crippen LogP contribution in [0, 0.1) is 0 Å². The van der Waals surface area contributed by atoms with Crippen molar-refractivity contribution < 1.29 is 4.74 Å². The van der Waals surface area contributed by atoms with Gasteiger partial charge in [-0.2, -0.15) is 11.8 Å². The topological polar surface area (TPSA) is 36.9 Å². The summed E-state index contributed by atoms with van der Waals surface area (Å²) in [5, 5.41) is 3.52. The summed E-state index contributed by atoms with van der Waals surface area (Å²) in [6.07, 6.45) is 0. The Morgan fingerprint density at radius 2 is 2.04 bits per heavy atom. The second kappa shape index (κ2) is 10.5. The van der Waals surface area contributed by atoms with E-state index in [-0.39, 0.29) is 28.7 Å². The highest BCUT2D eigenvalue weighted by atomic mass is 127. The van der Waals surface area contributed by atoms with Crippen LogP contribution in [0.1, 0.15) is 31.9 Å². The zero-order valence-electron chi connectivity index (χ0n) is 15.2. The summed E-state index contributed by atoms with van der Waals surface area (Å²) in [5.74, 6) is 2.14. The Kier molecular flexibility index (Phi) is 9.44. The molecule has 0 bridgehead atoms. The lowest BCUT2D eigenvalue weighted by atomic mass is 10.1. The van der Waals surface area contributed by atoms with Gasteiger partial charge in [0.2, 0.25) is 0 Å². The number of nitrogens with one attached hydrogen (secondary N) is 1. The number of guanidine groups is 1. The second-order valence-corrected chi connectivity index (χ2v) is 8.14. The third-order valence-electron chi connectivity index (χ3n) is 3.95. The first kappa shape index (κ1) is 21.6. The molecule has 6 heteroatoms. The van der Waals surface area contributed by atoms with Gasteiger partial charge in [-0.15, -0.1) is 24.0 Å². The van der Waals surface area contributed by atoms with Crippen LogP contribution >= 0.6 is 35.7 Å². The molecule has 0 radical (unpaired) electrons. The van der Waals surface area contributed by atoms with E-state index >= 15 is 0 Å². The molecule has 1 heterocycles. The number of ether oxygens (including phenoxy) is 1. The van der Waals surface area contributed by atoms with E-state index < -0.39 is 0 Å². The minimum Gasteiger partial charge on any atom is -0.377 e. The van der Waals surface area contributed by atoms with Crippen molar-refractivity contribution in [1.29, 1.82) is 0 Å². The predicted molar refractivity (Wildman–Crippen MR) is 115 cm³/mol. The van der Waals surface area contributed by atoms with Crippen molar-refractivity contribution in [3.05, 3.63) is 35.4 Å². The van der Waals surface area contributed by atoms with E-state index in [1.165, 1.54) is 11.1 Å². The summed E-state index contributed by atoms with van der Waals surface area (Å²) in [5.41, 5.74) is 2.51. The lowest BCUT2D eigenvalue weighted by molar-refractivity contribution is 0.133. The number of hydrogen-bond acceptors (Lipinski definition) is 3. The summed E-state index contributed by atoms with van der Waals surface area (Å²) < 4.78 is 5.85. The predicted octanol–water partition coefficient (Wildman–Crippen LogP) is 3.74. The number of thioether (sulfide) groups is 1. The van der Waals surface area contributed by atoms with E-state index in [4.69, 9.17) is 4.74 Å². The third kappa shape index (κ3) is 6.44. The zero-order chi connectivity index (χ0) is 16.7. The van der Waals surface area contributed by atoms with Gasteiger partial charge in [0.05, 0.1) is 6.61 Å². The van der Waals surface area contributed by atoms with Crippen molar-refractivity contribution >= 4 is 41.7 Å². The lowest BCUT2D eigenvalue weighted by Crippen LogP contribution is -2.50. The van der Waals surface area contributed by atoms with E-state index in [0.29, 0.717) is 6.61 Å². The van der Waals surface area contributed by atoms with Crippen molar-refractivity contribution in [3.8, 4) is 0 Å². The molecule has 24 heavy (non-hydrogen) atoms. The van der Waals surface area contributed by atoms with Gasteiger partial charge in [0, 0.05) is 43.8 Å². The van der Waals surface area contributed by atoms with E-state index in [9.17, 15) is 0 Å². The van der Waals surface area contributed by atoms with E-state index in [2.05, 4.69) is 53.3 Å². The summed E-state index contributed by atoms with van der Waals surface area (Å²) in [6, 6.07) is 8.44. The minimum absolute atomic E-state index is 0. The Morgan fingerprint density at radius 3 is 2.67 bits per heavy atom. The lowest BCUT2D eigenvalue weighted by Gasteiger charge is -2.39. The molecule has 0 saturated carbocycles. The van der Waals surface area contributed by atoms with Gasteiger partial charge in [-0.25, -0.2) is 0 Å². The van der Waals surface area contributed by atoms with Crippen LogP contribution in [0.25, 0.3) is 0 Å². The SMILES string of the molecule is CCOCc1ccccc1CNC(=NC)N1CCSC(C)(C)C1.I. The van der Waals surface area contributed by atoms with E-state index in [0.717, 1.165) is 38.0 Å². The summed E-state index contributed by atoms with van der Waals surface area (Å²) in [6.45, 7) is 10.9. The number of nitrogens with zero attached hydrogens (tertiary/aromatic N) is 2. The molecule has 1 aromatic rings. The normalized spacial score (nSPS) is 17.3. The maximum atomic E-state index is 5.57. The highest BCUT2D eigenvalue weighted by Gasteiger charge is 2.28. The number of rotatable bonds is 5. The highest BCUT2D eigenvalue weighted by Crippen LogP contribution is 2.29. The highest BCUT2D eigenvalue weighted by molar-refractivity contribution is 14.0. The number of benzene rings is 1. The van der Waals surface area contributed by atoms with Crippen LogP contribution in [0.5, 0.6) is 0 Å². The van der Waals surface area contributed by atoms with Crippen LogP contribution in [0.3, 0.4) is 0 Å². The van der Waals surface area contributed by atoms with Crippen molar-refractivity contribution in [2.75, 3.05) is 32.5 Å². The van der Waals surface area contributed by atoms with E-state index in [1.54, 1.807) is 0 Å². The fraction of sp³-hybridized carbons (Fsp3) is 0.611. The first-order chi connectivity index (χ1) is 11.1. The summed E-state index contributed by atoms with van der Waals surface area (Å²) in [4.78, 5) is 6.84. The van der Waals surface area contributed by atoms with Gasteiger partial charge in [0.15, 0.2) is 5.96 Å². The Hall–Kier alpha value is -0.470. The monoisotopic (exact) mass is 463 g/mol. The molecule has 0 aromatic heterocycles. The van der Waals surface area contributed by atoms with Crippen molar-refractivity contribution in [2.45, 2.75) is 38.7 Å². The molecule has 0 unspecified atom stereocenters. The number of halogens is 1. The molecular formula is C18H30IN3OS. The molecule has 1 aliphatic rings. The van der Waals surface area contributed by atoms with Gasteiger partial charge in [0.25, 0.3) is 0 Å². The Bertz CT molecular complexity index is 537. The van der Waals surface area contributed by atoms with Gasteiger partial charge < -0.3 is 15.0 Å². The Morgan fingerprint density at radius 1 is 1.33 bits per heavy atom. The Labute approximate surface area is 167 Å². The van der Waals surface area contributed by atoms with Gasteiger partial charge >= 0.3 is 0 Å². The second-order valence-electron chi connectivity index (χ2n) is 6.34. The molecule has 1 fully saturated rings. The molecule has 0 amide bonds. The zero-order valence-corrected chi connectivity index (χ0v) is 18.3. The molecule has 1 aromatic carbocycles. The molecule has 0 aliphatic carbocycles. The molecule has 1 aliphatic heterocycles. The smallest absolute Gasteiger partial charge is 0.193 e. The first-order valence-corrected chi connectivity index (χ1v) is 9.28. The molecule has 0 spiro atoms. The maximum absolute atomic E-state index is 5.57. The van der Waals surface area contributed by atoms with Gasteiger partial charge in [-0.1, -0.05) is 24.3 Å². The largest absolute Gasteiger partial charge is 0.377 e. The quantitative estimate of drug-likeness (QED) is 0.410. The summed E-state index contributed by atoms with van der Waals surface area (Å²) >= 11 is 2.04. The number of aliphatic imine (C=N–C) groups is 1. The first-order valence-electron chi connectivity index (χ1n) is 8.30. The van der Waals surface area contributed by atoms with Crippen LogP contribution in [-0.2, 0) is 17.9 Å². The van der Waals surface area contributed by atoms with Crippen LogP contribution in [0.15, 0.2) is 29.3 Å². The molecular weight excluding hydrogens is 433 g/mol. The molecule has 1 N–H and O–H groups in total. The fourth-order valence-electron chi connectivity index (χ4n) is 2.79. The summed E-state index contributed by atoms with van der Waals surface area (Å²) in [7, 11) is 1.86. The van der Waals surface area contributed by atoms with E-state index in [1.807, 2.05) is 25.7 Å². The Balaban J connectivity index is 0.00000288. The van der Waals surface area contributed by atoms with Crippen molar-refractivity contribution in [3.63, 3.8) is 0 Å². The van der Waals surface area contributed by atoms with Gasteiger partial charge in [-0.3, -0.25) is 4.99 Å². The van der Waals surface area contributed by atoms with Gasteiger partial charge in [0.1, 0.15) is 0 Å². The third-order valence-corrected chi connectivity index (χ3v) is 5.25. The van der Waals surface area contributed by atoms with Crippen LogP contribution in [0.4, 0.5) is 0 Å². The maximum Gasteiger partial charge on any atom is 0.193 e. The standard InChI is InChI=1S/C18H29N3OS.HI/c1-5-22-13-16-9-7-6-8-15(16)12-20-17(19-4)21-10-11-23-18(2,3)14-21;/h6-9H,5,10-14H2,1-4H3,(H,19,20);1H. The van der Waals surface area contributed by atoms with Crippen molar-refractivity contribution in [1.82, 2.24) is 10.2 Å². The van der Waals surface area contributed by atoms with Crippen LogP contribution < -0.4 is 5.32 Å². The average Bonchev–Trinajstić information content (AvgIpc) is 2.53. The number of hydrogen-bond donors (Lipinski definition) is 1. The molecule has 1 saturated heterocycles.